The Morgan fingerprint density at radius 1 is 0.953 bits per heavy atom. The number of morpholine rings is 1. The van der Waals surface area contributed by atoms with Gasteiger partial charge in [0.25, 0.3) is 8.32 Å². The van der Waals surface area contributed by atoms with Gasteiger partial charge in [-0.25, -0.2) is 13.8 Å². The molecule has 0 bridgehead atoms. The number of ketones is 1. The molecule has 43 heavy (non-hydrogen) atoms. The number of aromatic nitrogens is 2. The molecule has 1 aliphatic rings. The van der Waals surface area contributed by atoms with Crippen LogP contribution in [0.3, 0.4) is 0 Å². The van der Waals surface area contributed by atoms with E-state index in [2.05, 4.69) is 55.0 Å². The summed E-state index contributed by atoms with van der Waals surface area (Å²) >= 11 is 0. The largest absolute Gasteiger partial charge is 0.403 e. The molecule has 1 fully saturated rings. The van der Waals surface area contributed by atoms with Crippen LogP contribution in [0.1, 0.15) is 56.2 Å². The molecule has 0 N–H and O–H groups in total. The summed E-state index contributed by atoms with van der Waals surface area (Å²) < 4.78 is 45.1. The fourth-order valence-electron chi connectivity index (χ4n) is 6.15. The fourth-order valence-corrected chi connectivity index (χ4v) is 10.7. The van der Waals surface area contributed by atoms with Crippen LogP contribution < -0.4 is 15.3 Å². The van der Waals surface area contributed by atoms with Gasteiger partial charge in [0.2, 0.25) is 5.78 Å². The third-order valence-corrected chi connectivity index (χ3v) is 12.9. The Morgan fingerprint density at radius 3 is 2.05 bits per heavy atom. The van der Waals surface area contributed by atoms with Crippen LogP contribution in [0.5, 0.6) is 0 Å². The Balaban J connectivity index is 1.68. The molecule has 0 saturated carbocycles. The van der Waals surface area contributed by atoms with Crippen LogP contribution >= 0.6 is 0 Å². The van der Waals surface area contributed by atoms with Crippen molar-refractivity contribution in [3.63, 3.8) is 0 Å². The van der Waals surface area contributed by atoms with E-state index >= 15 is 8.78 Å². The summed E-state index contributed by atoms with van der Waals surface area (Å²) in [5.41, 5.74) is 0.00623. The van der Waals surface area contributed by atoms with E-state index in [0.29, 0.717) is 18.7 Å². The lowest BCUT2D eigenvalue weighted by atomic mass is 10.0. The van der Waals surface area contributed by atoms with Gasteiger partial charge in [-0.1, -0.05) is 81.4 Å². The first-order valence-corrected chi connectivity index (χ1v) is 16.4. The van der Waals surface area contributed by atoms with E-state index in [-0.39, 0.29) is 35.2 Å². The van der Waals surface area contributed by atoms with Crippen LogP contribution in [0.4, 0.5) is 14.5 Å². The van der Waals surface area contributed by atoms with E-state index in [0.717, 1.165) is 10.4 Å². The first kappa shape index (κ1) is 30.7. The van der Waals surface area contributed by atoms with E-state index in [4.69, 9.17) is 9.16 Å². The Labute approximate surface area is 252 Å². The number of benzene rings is 3. The second-order valence-electron chi connectivity index (χ2n) is 12.1. The number of carbonyl (C=O) groups is 1. The highest BCUT2D eigenvalue weighted by atomic mass is 28.4. The van der Waals surface area contributed by atoms with Crippen LogP contribution in [-0.4, -0.2) is 49.4 Å². The molecular weight excluding hydrogens is 564 g/mol. The number of hydrogen-bond acceptors (Lipinski definition) is 6. The van der Waals surface area contributed by atoms with Crippen molar-refractivity contribution in [3.05, 3.63) is 114 Å². The lowest BCUT2D eigenvalue weighted by molar-refractivity contribution is -0.00553. The molecule has 5 rings (SSSR count). The molecule has 2 atom stereocenters. The summed E-state index contributed by atoms with van der Waals surface area (Å²) in [6.45, 7) is 11.0. The van der Waals surface area contributed by atoms with Crippen molar-refractivity contribution in [1.82, 2.24) is 9.97 Å². The number of hydrogen-bond donors (Lipinski definition) is 0. The average molecular weight is 602 g/mol. The third kappa shape index (κ3) is 6.02. The molecule has 0 aliphatic carbocycles. The molecule has 9 heteroatoms. The zero-order chi connectivity index (χ0) is 30.8. The SMILES string of the molecule is CC1CN(c2c(CO[Si](c3ccccc3)(c3ccccc3)C(C)(C)C)cc(C(=O)c3cnccn3)c(F)c2F)CC(C)O1. The molecule has 0 spiro atoms. The smallest absolute Gasteiger partial charge is 0.261 e. The minimum atomic E-state index is -3.04. The Bertz CT molecular complexity index is 1520. The summed E-state index contributed by atoms with van der Waals surface area (Å²) in [6, 6.07) is 21.6. The Hall–Kier alpha value is -3.79. The quantitative estimate of drug-likeness (QED) is 0.191. The summed E-state index contributed by atoms with van der Waals surface area (Å²) in [4.78, 5) is 23.2. The van der Waals surface area contributed by atoms with Gasteiger partial charge in [-0.05, 0) is 35.3 Å². The van der Waals surface area contributed by atoms with Crippen LogP contribution in [0.25, 0.3) is 0 Å². The molecular formula is C34H37F2N3O3Si. The van der Waals surface area contributed by atoms with Gasteiger partial charge in [0.1, 0.15) is 5.69 Å². The van der Waals surface area contributed by atoms with Crippen molar-refractivity contribution in [1.29, 1.82) is 0 Å². The van der Waals surface area contributed by atoms with Crippen molar-refractivity contribution in [2.75, 3.05) is 18.0 Å². The van der Waals surface area contributed by atoms with Gasteiger partial charge in [0, 0.05) is 31.0 Å². The van der Waals surface area contributed by atoms with Gasteiger partial charge >= 0.3 is 0 Å². The zero-order valence-electron chi connectivity index (χ0n) is 25.2. The summed E-state index contributed by atoms with van der Waals surface area (Å²) in [5.74, 6) is -3.05. The normalized spacial score (nSPS) is 17.6. The van der Waals surface area contributed by atoms with Crippen LogP contribution in [-0.2, 0) is 15.8 Å². The molecule has 6 nitrogen and oxygen atoms in total. The number of anilines is 1. The number of ether oxygens (including phenoxy) is 1. The van der Waals surface area contributed by atoms with Crippen LogP contribution in [0.15, 0.2) is 85.3 Å². The first-order valence-electron chi connectivity index (χ1n) is 14.5. The van der Waals surface area contributed by atoms with Gasteiger partial charge in [-0.3, -0.25) is 9.78 Å². The molecule has 2 heterocycles. The summed E-state index contributed by atoms with van der Waals surface area (Å²) in [5, 5.41) is 1.78. The minimum absolute atomic E-state index is 0.0410. The second-order valence-corrected chi connectivity index (χ2v) is 16.4. The lowest BCUT2D eigenvalue weighted by Gasteiger charge is -2.43. The maximum Gasteiger partial charge on any atom is 0.261 e. The van der Waals surface area contributed by atoms with Gasteiger partial charge in [0.05, 0.1) is 36.3 Å². The molecule has 2 unspecified atom stereocenters. The van der Waals surface area contributed by atoms with E-state index < -0.39 is 31.3 Å². The van der Waals surface area contributed by atoms with E-state index in [9.17, 15) is 4.79 Å². The van der Waals surface area contributed by atoms with Crippen molar-refractivity contribution >= 4 is 30.2 Å². The maximum absolute atomic E-state index is 16.2. The van der Waals surface area contributed by atoms with Gasteiger partial charge in [-0.2, -0.15) is 0 Å². The van der Waals surface area contributed by atoms with Crippen LogP contribution in [0.2, 0.25) is 5.04 Å². The molecule has 1 saturated heterocycles. The standard InChI is InChI=1S/C34H37F2N3O3Si/c1-23-20-39(21-24(2)42-23)32-25(18-28(30(35)31(32)36)33(40)29-19-37-16-17-38-29)22-41-43(34(3,4)5,26-12-8-6-9-13-26)27-14-10-7-11-15-27/h6-19,23-24H,20-22H2,1-5H3. The number of nitrogens with zero attached hydrogens (tertiary/aromatic N) is 3. The van der Waals surface area contributed by atoms with E-state index in [1.807, 2.05) is 50.2 Å². The molecule has 0 amide bonds. The molecule has 1 aromatic heterocycles. The van der Waals surface area contributed by atoms with Gasteiger partial charge in [0.15, 0.2) is 11.6 Å². The van der Waals surface area contributed by atoms with Gasteiger partial charge in [-0.15, -0.1) is 0 Å². The minimum Gasteiger partial charge on any atom is -0.403 e. The van der Waals surface area contributed by atoms with Crippen LogP contribution in [0, 0.1) is 11.6 Å². The summed E-state index contributed by atoms with van der Waals surface area (Å²) in [6.07, 6.45) is 3.62. The third-order valence-electron chi connectivity index (χ3n) is 7.90. The number of carbonyl (C=O) groups excluding carboxylic acids is 1. The van der Waals surface area contributed by atoms with Gasteiger partial charge < -0.3 is 14.1 Å². The van der Waals surface area contributed by atoms with Crippen molar-refractivity contribution in [2.45, 2.75) is 58.5 Å². The van der Waals surface area contributed by atoms with Crippen molar-refractivity contribution < 1.29 is 22.7 Å². The predicted octanol–water partition coefficient (Wildman–Crippen LogP) is 5.68. The second kappa shape index (κ2) is 12.4. The lowest BCUT2D eigenvalue weighted by Crippen LogP contribution is -2.66. The van der Waals surface area contributed by atoms with Crippen molar-refractivity contribution in [2.24, 2.45) is 0 Å². The predicted molar refractivity (Wildman–Crippen MR) is 166 cm³/mol. The average Bonchev–Trinajstić information content (AvgIpc) is 2.99. The highest BCUT2D eigenvalue weighted by molar-refractivity contribution is 6.99. The molecule has 0 radical (unpaired) electrons. The summed E-state index contributed by atoms with van der Waals surface area (Å²) in [7, 11) is -3.04. The maximum atomic E-state index is 16.2. The van der Waals surface area contributed by atoms with Crippen molar-refractivity contribution in [3.8, 4) is 0 Å². The molecule has 4 aromatic rings. The Morgan fingerprint density at radius 2 is 1.53 bits per heavy atom. The molecule has 224 valence electrons. The van der Waals surface area contributed by atoms with E-state index in [1.165, 1.54) is 24.7 Å². The number of rotatable bonds is 8. The monoisotopic (exact) mass is 601 g/mol. The molecule has 1 aliphatic heterocycles. The Kier molecular flexibility index (Phi) is 8.87. The fraction of sp³-hybridized carbons (Fsp3) is 0.324. The first-order chi connectivity index (χ1) is 20.5. The highest BCUT2D eigenvalue weighted by Crippen LogP contribution is 2.39. The molecule has 3 aromatic carbocycles. The number of halogens is 2. The highest BCUT2D eigenvalue weighted by Gasteiger charge is 2.50. The van der Waals surface area contributed by atoms with E-state index in [1.54, 1.807) is 4.90 Å². The zero-order valence-corrected chi connectivity index (χ0v) is 26.2. The topological polar surface area (TPSA) is 64.5 Å².